The van der Waals surface area contributed by atoms with Gasteiger partial charge >= 0.3 is 5.97 Å². The van der Waals surface area contributed by atoms with Gasteiger partial charge in [-0.3, -0.25) is 9.36 Å². The van der Waals surface area contributed by atoms with E-state index in [1.165, 1.54) is 19.2 Å². The first-order chi connectivity index (χ1) is 13.8. The Kier molecular flexibility index (Phi) is 6.44. The summed E-state index contributed by atoms with van der Waals surface area (Å²) in [5, 5.41) is 0.398. The number of hydrogen-bond acceptors (Lipinski definition) is 6. The number of carbonyl (C=O) groups excluding carboxylic acids is 1. The summed E-state index contributed by atoms with van der Waals surface area (Å²) < 4.78 is 25.3. The molecule has 8 heteroatoms. The quantitative estimate of drug-likeness (QED) is 0.430. The topological polar surface area (TPSA) is 70.4 Å². The maximum absolute atomic E-state index is 13.6. The van der Waals surface area contributed by atoms with Crippen molar-refractivity contribution in [3.63, 3.8) is 0 Å². The highest BCUT2D eigenvalue weighted by Crippen LogP contribution is 2.29. The molecule has 0 bridgehead atoms. The van der Waals surface area contributed by atoms with E-state index in [9.17, 15) is 14.0 Å². The minimum atomic E-state index is -0.496. The van der Waals surface area contributed by atoms with Crippen molar-refractivity contribution in [3.8, 4) is 0 Å². The van der Waals surface area contributed by atoms with Gasteiger partial charge in [-0.15, -0.1) is 11.3 Å². The van der Waals surface area contributed by atoms with Crippen LogP contribution in [-0.2, 0) is 16.0 Å². The fourth-order valence-corrected chi connectivity index (χ4v) is 4.19. The van der Waals surface area contributed by atoms with Gasteiger partial charge in [0.05, 0.1) is 18.5 Å². The first-order valence-corrected chi connectivity index (χ1v) is 10.1. The van der Waals surface area contributed by atoms with E-state index in [-0.39, 0.29) is 30.4 Å². The van der Waals surface area contributed by atoms with Crippen LogP contribution >= 0.6 is 11.3 Å². The van der Waals surface area contributed by atoms with E-state index < -0.39 is 5.97 Å². The Hall–Kier alpha value is -2.58. The van der Waals surface area contributed by atoms with Crippen molar-refractivity contribution in [2.75, 3.05) is 20.3 Å². The smallest absolute Gasteiger partial charge is 0.348 e. The minimum absolute atomic E-state index is 0.0276. The molecular formula is C21H23FN2O4S. The number of thiophene rings is 1. The van der Waals surface area contributed by atoms with Gasteiger partial charge in [0, 0.05) is 13.0 Å². The van der Waals surface area contributed by atoms with Gasteiger partial charge in [0.1, 0.15) is 28.0 Å². The van der Waals surface area contributed by atoms with E-state index in [4.69, 9.17) is 9.47 Å². The Morgan fingerprint density at radius 1 is 1.31 bits per heavy atom. The van der Waals surface area contributed by atoms with Crippen LogP contribution < -0.4 is 5.56 Å². The van der Waals surface area contributed by atoms with Gasteiger partial charge in [0.25, 0.3) is 5.56 Å². The van der Waals surface area contributed by atoms with E-state index in [1.54, 1.807) is 23.6 Å². The molecule has 6 nitrogen and oxygen atoms in total. The van der Waals surface area contributed by atoms with Crippen molar-refractivity contribution in [2.24, 2.45) is 0 Å². The van der Waals surface area contributed by atoms with Gasteiger partial charge < -0.3 is 9.47 Å². The predicted octanol–water partition coefficient (Wildman–Crippen LogP) is 3.88. The molecule has 1 aromatic carbocycles. The molecule has 0 atom stereocenters. The van der Waals surface area contributed by atoms with Crippen molar-refractivity contribution >= 4 is 27.5 Å². The van der Waals surface area contributed by atoms with E-state index in [0.717, 1.165) is 11.3 Å². The molecule has 154 valence electrons. The summed E-state index contributed by atoms with van der Waals surface area (Å²) >= 11 is 1.15. The summed E-state index contributed by atoms with van der Waals surface area (Å²) in [6.07, 6.45) is 0. The predicted molar refractivity (Wildman–Crippen MR) is 110 cm³/mol. The summed E-state index contributed by atoms with van der Waals surface area (Å²) in [4.78, 5) is 31.3. The highest BCUT2D eigenvalue weighted by Gasteiger charge is 2.23. The lowest BCUT2D eigenvalue weighted by Crippen LogP contribution is -2.26. The molecule has 0 aliphatic rings. The lowest BCUT2D eigenvalue weighted by atomic mass is 10.1. The second kappa shape index (κ2) is 8.84. The van der Waals surface area contributed by atoms with Gasteiger partial charge in [-0.25, -0.2) is 14.2 Å². The molecule has 0 radical (unpaired) electrons. The first kappa shape index (κ1) is 21.1. The molecule has 0 fully saturated rings. The molecule has 0 spiro atoms. The number of rotatable bonds is 7. The second-order valence-corrected chi connectivity index (χ2v) is 8.01. The number of methoxy groups -OCH3 is 1. The number of hydrogen-bond donors (Lipinski definition) is 0. The zero-order chi connectivity index (χ0) is 21.1. The average molecular weight is 418 g/mol. The van der Waals surface area contributed by atoms with Crippen LogP contribution in [0.5, 0.6) is 0 Å². The van der Waals surface area contributed by atoms with Crippen LogP contribution in [0.15, 0.2) is 29.1 Å². The number of ether oxygens (including phenoxy) is 2. The fraction of sp³-hybridized carbons (Fsp3) is 0.381. The number of carbonyl (C=O) groups is 1. The molecule has 3 aromatic rings. The van der Waals surface area contributed by atoms with Crippen LogP contribution in [0.1, 0.15) is 46.4 Å². The van der Waals surface area contributed by atoms with E-state index in [1.807, 2.05) is 13.8 Å². The van der Waals surface area contributed by atoms with Crippen LogP contribution in [-0.4, -0.2) is 35.8 Å². The maximum Gasteiger partial charge on any atom is 0.348 e. The largest absolute Gasteiger partial charge is 0.459 e. The number of benzene rings is 1. The van der Waals surface area contributed by atoms with Crippen molar-refractivity contribution in [2.45, 2.75) is 33.2 Å². The highest BCUT2D eigenvalue weighted by atomic mass is 32.1. The van der Waals surface area contributed by atoms with Crippen LogP contribution in [0, 0.1) is 12.7 Å². The molecule has 0 unspecified atom stereocenters. The van der Waals surface area contributed by atoms with Crippen molar-refractivity contribution in [3.05, 3.63) is 62.3 Å². The first-order valence-electron chi connectivity index (χ1n) is 9.27. The van der Waals surface area contributed by atoms with E-state index in [0.29, 0.717) is 38.7 Å². The lowest BCUT2D eigenvalue weighted by Gasteiger charge is -2.15. The molecule has 0 saturated carbocycles. The summed E-state index contributed by atoms with van der Waals surface area (Å²) in [6, 6.07) is 6.14. The molecule has 0 saturated heterocycles. The normalized spacial score (nSPS) is 11.4. The van der Waals surface area contributed by atoms with Crippen molar-refractivity contribution in [1.29, 1.82) is 0 Å². The van der Waals surface area contributed by atoms with Crippen molar-refractivity contribution in [1.82, 2.24) is 9.55 Å². The number of aromatic nitrogens is 2. The van der Waals surface area contributed by atoms with Crippen LogP contribution in [0.3, 0.4) is 0 Å². The van der Waals surface area contributed by atoms with E-state index >= 15 is 0 Å². The van der Waals surface area contributed by atoms with Crippen molar-refractivity contribution < 1.29 is 18.7 Å². The third kappa shape index (κ3) is 4.38. The molecule has 29 heavy (non-hydrogen) atoms. The average Bonchev–Trinajstić information content (AvgIpc) is 3.00. The maximum atomic E-state index is 13.6. The van der Waals surface area contributed by atoms with Gasteiger partial charge in [-0.1, -0.05) is 26.0 Å². The Morgan fingerprint density at radius 3 is 2.72 bits per heavy atom. The molecule has 0 N–H and O–H groups in total. The zero-order valence-corrected chi connectivity index (χ0v) is 17.6. The Labute approximate surface area is 171 Å². The fourth-order valence-electron chi connectivity index (χ4n) is 3.12. The summed E-state index contributed by atoms with van der Waals surface area (Å²) in [5.41, 5.74) is 0.975. The number of halogens is 1. The SMILES string of the molecule is COCCOC(=O)c1sc2nc(C(C)C)n(Cc3cccc(F)c3)c(=O)c2c1C. The standard InChI is InChI=1S/C21H23FN2O4S/c1-12(2)18-23-19-16(13(3)17(29-19)21(26)28-9-8-27-4)20(25)24(18)11-14-6-5-7-15(22)10-14/h5-7,10,12H,8-9,11H2,1-4H3. The Morgan fingerprint density at radius 2 is 2.07 bits per heavy atom. The summed E-state index contributed by atoms with van der Waals surface area (Å²) in [5.74, 6) is -0.291. The molecule has 2 aromatic heterocycles. The van der Waals surface area contributed by atoms with Gasteiger partial charge in [0.2, 0.25) is 0 Å². The number of esters is 1. The number of fused-ring (bicyclic) bond motifs is 1. The monoisotopic (exact) mass is 418 g/mol. The zero-order valence-electron chi connectivity index (χ0n) is 16.8. The van der Waals surface area contributed by atoms with Crippen LogP contribution in [0.4, 0.5) is 4.39 Å². The third-order valence-corrected chi connectivity index (χ3v) is 5.70. The third-order valence-electron chi connectivity index (χ3n) is 4.53. The minimum Gasteiger partial charge on any atom is -0.459 e. The Balaban J connectivity index is 2.10. The van der Waals surface area contributed by atoms with Crippen LogP contribution in [0.25, 0.3) is 10.2 Å². The molecular weight excluding hydrogens is 395 g/mol. The van der Waals surface area contributed by atoms with Gasteiger partial charge in [-0.2, -0.15) is 0 Å². The molecule has 2 heterocycles. The van der Waals surface area contributed by atoms with Crippen LogP contribution in [0.2, 0.25) is 0 Å². The number of aryl methyl sites for hydroxylation is 1. The highest BCUT2D eigenvalue weighted by molar-refractivity contribution is 7.20. The van der Waals surface area contributed by atoms with Gasteiger partial charge in [-0.05, 0) is 30.2 Å². The molecule has 0 aliphatic heterocycles. The lowest BCUT2D eigenvalue weighted by molar-refractivity contribution is 0.0393. The molecule has 0 amide bonds. The molecule has 0 aliphatic carbocycles. The number of nitrogens with zero attached hydrogens (tertiary/aromatic N) is 2. The van der Waals surface area contributed by atoms with Gasteiger partial charge in [0.15, 0.2) is 0 Å². The second-order valence-electron chi connectivity index (χ2n) is 7.01. The van der Waals surface area contributed by atoms with E-state index in [2.05, 4.69) is 4.98 Å². The summed E-state index contributed by atoms with van der Waals surface area (Å²) in [6.45, 7) is 6.24. The summed E-state index contributed by atoms with van der Waals surface area (Å²) in [7, 11) is 1.52. The molecule has 3 rings (SSSR count). The Bertz CT molecular complexity index is 1100.